The van der Waals surface area contributed by atoms with E-state index in [2.05, 4.69) is 5.32 Å². The van der Waals surface area contributed by atoms with E-state index in [0.717, 1.165) is 0 Å². The van der Waals surface area contributed by atoms with Crippen LogP contribution in [-0.2, 0) is 47.0 Å². The van der Waals surface area contributed by atoms with Crippen LogP contribution in [0, 0.1) is 7.43 Å². The summed E-state index contributed by atoms with van der Waals surface area (Å²) >= 11 is 0. The summed E-state index contributed by atoms with van der Waals surface area (Å²) in [6.07, 6.45) is 0. The van der Waals surface area contributed by atoms with Crippen molar-refractivity contribution in [2.75, 3.05) is 14.1 Å². The summed E-state index contributed by atoms with van der Waals surface area (Å²) in [4.78, 5) is 25.9. The standard InChI is InChI=1S/C14H27N2O3.CH3.Y/c1-12(2,3)19-11(18)14(6,7)16(9)10(17)13(4,5)15-8;;/h1-9H3;1H3;/q2*-1;. The Bertz CT molecular complexity index is 360. The Kier molecular flexibility index (Phi) is 10.6. The van der Waals surface area contributed by atoms with Crippen LogP contribution in [0.4, 0.5) is 0 Å². The molecule has 0 atom stereocenters. The maximum absolute atomic E-state index is 12.3. The molecule has 123 valence electrons. The van der Waals surface area contributed by atoms with Crippen molar-refractivity contribution in [1.82, 2.24) is 4.90 Å². The van der Waals surface area contributed by atoms with Gasteiger partial charge in [0.2, 0.25) is 5.91 Å². The number of amides is 1. The van der Waals surface area contributed by atoms with Crippen molar-refractivity contribution in [3.8, 4) is 0 Å². The van der Waals surface area contributed by atoms with Crippen molar-refractivity contribution in [1.29, 1.82) is 0 Å². The van der Waals surface area contributed by atoms with Gasteiger partial charge in [-0.2, -0.15) is 7.05 Å². The number of hydrogen-bond donors (Lipinski definition) is 0. The summed E-state index contributed by atoms with van der Waals surface area (Å²) in [5.74, 6) is -0.645. The van der Waals surface area contributed by atoms with Crippen molar-refractivity contribution >= 4 is 11.9 Å². The largest absolute Gasteiger partial charge is 0.652 e. The summed E-state index contributed by atoms with van der Waals surface area (Å²) in [5.41, 5.74) is -2.47. The molecule has 0 aromatic carbocycles. The van der Waals surface area contributed by atoms with Gasteiger partial charge in [-0.1, -0.05) is 13.8 Å². The van der Waals surface area contributed by atoms with Crippen molar-refractivity contribution in [3.63, 3.8) is 0 Å². The van der Waals surface area contributed by atoms with Gasteiger partial charge in [-0.3, -0.25) is 4.79 Å². The van der Waals surface area contributed by atoms with Crippen LogP contribution in [0.5, 0.6) is 0 Å². The van der Waals surface area contributed by atoms with E-state index in [1.165, 1.54) is 4.90 Å². The zero-order valence-electron chi connectivity index (χ0n) is 15.2. The van der Waals surface area contributed by atoms with Crippen LogP contribution in [0.25, 0.3) is 5.32 Å². The van der Waals surface area contributed by atoms with Gasteiger partial charge >= 0.3 is 5.97 Å². The molecule has 0 aliphatic rings. The van der Waals surface area contributed by atoms with Gasteiger partial charge in [-0.15, -0.1) is 0 Å². The Morgan fingerprint density at radius 1 is 1.00 bits per heavy atom. The fraction of sp³-hybridized carbons (Fsp3) is 0.800. The summed E-state index contributed by atoms with van der Waals surface area (Å²) in [6.45, 7) is 12.2. The number of carbonyl (C=O) groups excluding carboxylic acids is 2. The Morgan fingerprint density at radius 3 is 1.67 bits per heavy atom. The number of likely N-dealkylation sites (N-methyl/N-ethyl adjacent to an activating group) is 2. The molecule has 0 aromatic rings. The summed E-state index contributed by atoms with van der Waals surface area (Å²) in [7, 11) is 3.19. The van der Waals surface area contributed by atoms with Gasteiger partial charge in [-0.05, 0) is 40.2 Å². The molecule has 5 nitrogen and oxygen atoms in total. The van der Waals surface area contributed by atoms with Crippen molar-refractivity contribution in [2.45, 2.75) is 65.1 Å². The Hall–Kier alpha value is 0.00390. The smallest absolute Gasteiger partial charge is 0.331 e. The van der Waals surface area contributed by atoms with Crippen LogP contribution < -0.4 is 0 Å². The van der Waals surface area contributed by atoms with Crippen molar-refractivity contribution in [2.24, 2.45) is 0 Å². The van der Waals surface area contributed by atoms with E-state index in [1.54, 1.807) is 62.6 Å². The van der Waals surface area contributed by atoms with Gasteiger partial charge in [0.05, 0.1) is 0 Å². The van der Waals surface area contributed by atoms with Crippen molar-refractivity contribution in [3.05, 3.63) is 12.7 Å². The number of hydrogen-bond acceptors (Lipinski definition) is 3. The third kappa shape index (κ3) is 7.20. The molecule has 1 amide bonds. The van der Waals surface area contributed by atoms with E-state index >= 15 is 0 Å². The topological polar surface area (TPSA) is 60.7 Å². The molecule has 0 N–H and O–H groups in total. The first-order valence-electron chi connectivity index (χ1n) is 6.38. The minimum Gasteiger partial charge on any atom is -0.652 e. The van der Waals surface area contributed by atoms with Gasteiger partial charge in [0.25, 0.3) is 0 Å². The van der Waals surface area contributed by atoms with Gasteiger partial charge in [0.15, 0.2) is 0 Å². The molecule has 0 saturated heterocycles. The zero-order valence-corrected chi connectivity index (χ0v) is 18.0. The van der Waals surface area contributed by atoms with E-state index < -0.39 is 22.6 Å². The number of carbonyl (C=O) groups is 2. The first-order valence-corrected chi connectivity index (χ1v) is 6.38. The molecule has 0 bridgehead atoms. The van der Waals surface area contributed by atoms with Crippen LogP contribution in [0.2, 0.25) is 0 Å². The molecule has 0 aromatic heterocycles. The monoisotopic (exact) mass is 375 g/mol. The minimum atomic E-state index is -1.04. The summed E-state index contributed by atoms with van der Waals surface area (Å²) in [6, 6.07) is 0. The molecule has 0 heterocycles. The zero-order chi connectivity index (χ0) is 15.6. The van der Waals surface area contributed by atoms with Crippen LogP contribution in [0.15, 0.2) is 0 Å². The third-order valence-corrected chi connectivity index (χ3v) is 3.12. The van der Waals surface area contributed by atoms with Crippen LogP contribution in [0.1, 0.15) is 48.5 Å². The third-order valence-electron chi connectivity index (χ3n) is 3.12. The molecule has 21 heavy (non-hydrogen) atoms. The second kappa shape index (κ2) is 8.59. The van der Waals surface area contributed by atoms with E-state index in [1.807, 2.05) is 0 Å². The van der Waals surface area contributed by atoms with Gasteiger partial charge in [0.1, 0.15) is 11.1 Å². The molecule has 1 radical (unpaired) electrons. The molecule has 0 aliphatic heterocycles. The first-order chi connectivity index (χ1) is 8.25. The molecular formula is C15H30N2O3Y-2. The quantitative estimate of drug-likeness (QED) is 0.561. The van der Waals surface area contributed by atoms with Gasteiger partial charge in [0, 0.05) is 39.8 Å². The first kappa shape index (κ1) is 25.9. The fourth-order valence-corrected chi connectivity index (χ4v) is 1.30. The SMILES string of the molecule is C[N-]C(C)(C)C(=O)N(C)C(C)(C)C(=O)OC(C)(C)C.[CH3-].[Y]. The number of nitrogens with zero attached hydrogens (tertiary/aromatic N) is 2. The van der Waals surface area contributed by atoms with E-state index in [4.69, 9.17) is 4.74 Å². The molecule has 0 spiro atoms. The predicted octanol–water partition coefficient (Wildman–Crippen LogP) is 2.79. The van der Waals surface area contributed by atoms with E-state index in [0.29, 0.717) is 0 Å². The van der Waals surface area contributed by atoms with Crippen LogP contribution in [0.3, 0.4) is 0 Å². The predicted molar refractivity (Wildman–Crippen MR) is 82.5 cm³/mol. The molecule has 6 heteroatoms. The number of rotatable bonds is 4. The number of ether oxygens (including phenoxy) is 1. The maximum Gasteiger partial charge on any atom is 0.331 e. The fourth-order valence-electron chi connectivity index (χ4n) is 1.30. The minimum absolute atomic E-state index is 0. The molecule has 0 fully saturated rings. The molecule has 0 unspecified atom stereocenters. The molecular weight excluding hydrogens is 345 g/mol. The van der Waals surface area contributed by atoms with Crippen molar-refractivity contribution < 1.29 is 47.0 Å². The normalized spacial score (nSPS) is 11.9. The average molecular weight is 375 g/mol. The molecule has 0 rings (SSSR count). The van der Waals surface area contributed by atoms with E-state index in [9.17, 15) is 9.59 Å². The summed E-state index contributed by atoms with van der Waals surface area (Å²) in [5, 5.41) is 4.05. The molecule has 0 aliphatic carbocycles. The van der Waals surface area contributed by atoms with Crippen LogP contribution in [-0.4, -0.2) is 47.6 Å². The van der Waals surface area contributed by atoms with Crippen LogP contribution >= 0.6 is 0 Å². The Labute approximate surface area is 155 Å². The number of esters is 1. The van der Waals surface area contributed by atoms with Gasteiger partial charge < -0.3 is 22.4 Å². The second-order valence-electron chi connectivity index (χ2n) is 6.71. The second-order valence-corrected chi connectivity index (χ2v) is 6.71. The van der Waals surface area contributed by atoms with E-state index in [-0.39, 0.29) is 46.0 Å². The maximum atomic E-state index is 12.3. The summed E-state index contributed by atoms with van der Waals surface area (Å²) < 4.78 is 5.36. The Morgan fingerprint density at radius 2 is 1.38 bits per heavy atom. The average Bonchev–Trinajstić information content (AvgIpc) is 2.24. The van der Waals surface area contributed by atoms with Gasteiger partial charge in [-0.25, -0.2) is 4.79 Å². The Balaban J connectivity index is -0.00000162. The molecule has 0 saturated carbocycles.